The highest BCUT2D eigenvalue weighted by Gasteiger charge is 2.58. The van der Waals surface area contributed by atoms with Crippen molar-refractivity contribution in [3.05, 3.63) is 34.3 Å². The van der Waals surface area contributed by atoms with Crippen LogP contribution in [0.2, 0.25) is 0 Å². The Kier molecular flexibility index (Phi) is 5.21. The quantitative estimate of drug-likeness (QED) is 0.764. The predicted octanol–water partition coefficient (Wildman–Crippen LogP) is 2.65. The summed E-state index contributed by atoms with van der Waals surface area (Å²) in [5.74, 6) is -2.19. The summed E-state index contributed by atoms with van der Waals surface area (Å²) in [5, 5.41) is 12.3. The molecule has 0 bridgehead atoms. The van der Waals surface area contributed by atoms with Crippen molar-refractivity contribution in [3.8, 4) is 0 Å². The number of alkyl halides is 3. The number of hydrogen-bond acceptors (Lipinski definition) is 2. The lowest BCUT2D eigenvalue weighted by Crippen LogP contribution is -2.63. The SMILES string of the molecule is CC(NC(=O)NCc1cccc(Br)c1)(C(=O)O)C(F)(F)F. The standard InChI is InChI=1S/C12H12BrF3N2O3/c1-11(9(19)20,12(14,15)16)18-10(21)17-6-7-3-2-4-8(13)5-7/h2-5H,6H2,1H3,(H,19,20)(H2,17,18,21). The van der Waals surface area contributed by atoms with E-state index >= 15 is 0 Å². The van der Waals surface area contributed by atoms with Gasteiger partial charge in [-0.3, -0.25) is 0 Å². The number of benzene rings is 1. The zero-order chi connectivity index (χ0) is 16.3. The number of hydrogen-bond donors (Lipinski definition) is 3. The Morgan fingerprint density at radius 2 is 1.95 bits per heavy atom. The number of carboxylic acid groups (broad SMARTS) is 1. The minimum Gasteiger partial charge on any atom is -0.479 e. The van der Waals surface area contributed by atoms with E-state index in [1.54, 1.807) is 24.3 Å². The second-order valence-electron chi connectivity index (χ2n) is 4.37. The maximum absolute atomic E-state index is 12.7. The first kappa shape index (κ1) is 17.3. The van der Waals surface area contributed by atoms with E-state index in [1.165, 1.54) is 5.32 Å². The van der Waals surface area contributed by atoms with Crippen molar-refractivity contribution in [1.29, 1.82) is 0 Å². The van der Waals surface area contributed by atoms with Crippen LogP contribution in [0.4, 0.5) is 18.0 Å². The summed E-state index contributed by atoms with van der Waals surface area (Å²) >= 11 is 3.21. The minimum absolute atomic E-state index is 0.0428. The van der Waals surface area contributed by atoms with Gasteiger partial charge in [0, 0.05) is 11.0 Å². The van der Waals surface area contributed by atoms with Crippen molar-refractivity contribution >= 4 is 27.9 Å². The van der Waals surface area contributed by atoms with Gasteiger partial charge < -0.3 is 15.7 Å². The van der Waals surface area contributed by atoms with E-state index in [0.717, 1.165) is 4.47 Å². The van der Waals surface area contributed by atoms with Gasteiger partial charge in [0.05, 0.1) is 0 Å². The highest BCUT2D eigenvalue weighted by molar-refractivity contribution is 9.10. The van der Waals surface area contributed by atoms with Crippen LogP contribution in [0, 0.1) is 0 Å². The van der Waals surface area contributed by atoms with Crippen molar-refractivity contribution in [2.45, 2.75) is 25.2 Å². The molecule has 0 aromatic heterocycles. The zero-order valence-corrected chi connectivity index (χ0v) is 12.4. The largest absolute Gasteiger partial charge is 0.479 e. The summed E-state index contributed by atoms with van der Waals surface area (Å²) in [6.45, 7) is 0.340. The lowest BCUT2D eigenvalue weighted by Gasteiger charge is -2.28. The molecule has 1 atom stereocenters. The predicted molar refractivity (Wildman–Crippen MR) is 71.6 cm³/mol. The van der Waals surface area contributed by atoms with E-state index in [0.29, 0.717) is 12.5 Å². The van der Waals surface area contributed by atoms with Gasteiger partial charge in [0.1, 0.15) is 0 Å². The molecule has 0 radical (unpaired) electrons. The lowest BCUT2D eigenvalue weighted by molar-refractivity contribution is -0.203. The molecule has 21 heavy (non-hydrogen) atoms. The Labute approximate surface area is 126 Å². The van der Waals surface area contributed by atoms with E-state index in [9.17, 15) is 22.8 Å². The van der Waals surface area contributed by atoms with Crippen LogP contribution in [0.5, 0.6) is 0 Å². The molecule has 0 aliphatic heterocycles. The fourth-order valence-electron chi connectivity index (χ4n) is 1.35. The van der Waals surface area contributed by atoms with Crippen molar-refractivity contribution < 1.29 is 27.9 Å². The van der Waals surface area contributed by atoms with Gasteiger partial charge >= 0.3 is 18.2 Å². The molecule has 3 N–H and O–H groups in total. The molecule has 9 heteroatoms. The summed E-state index contributed by atoms with van der Waals surface area (Å²) in [5.41, 5.74) is -2.71. The van der Waals surface area contributed by atoms with Crippen molar-refractivity contribution in [2.24, 2.45) is 0 Å². The number of carbonyl (C=O) groups is 2. The molecule has 1 unspecified atom stereocenters. The Hall–Kier alpha value is -1.77. The summed E-state index contributed by atoms with van der Waals surface area (Å²) in [4.78, 5) is 22.2. The van der Waals surface area contributed by atoms with Gasteiger partial charge in [0.25, 0.3) is 0 Å². The second kappa shape index (κ2) is 6.33. The van der Waals surface area contributed by atoms with Gasteiger partial charge in [-0.2, -0.15) is 13.2 Å². The Bertz CT molecular complexity index is 551. The lowest BCUT2D eigenvalue weighted by atomic mass is 10.0. The molecular weight excluding hydrogens is 357 g/mol. The van der Waals surface area contributed by atoms with Crippen LogP contribution in [0.25, 0.3) is 0 Å². The molecule has 0 fully saturated rings. The molecule has 0 heterocycles. The third-order valence-electron chi connectivity index (χ3n) is 2.70. The fraction of sp³-hybridized carbons (Fsp3) is 0.333. The highest BCUT2D eigenvalue weighted by atomic mass is 79.9. The molecule has 5 nitrogen and oxygen atoms in total. The van der Waals surface area contributed by atoms with Gasteiger partial charge in [-0.1, -0.05) is 28.1 Å². The van der Waals surface area contributed by atoms with E-state index < -0.39 is 23.7 Å². The maximum atomic E-state index is 12.7. The number of aliphatic carboxylic acids is 1. The van der Waals surface area contributed by atoms with Gasteiger partial charge in [-0.15, -0.1) is 0 Å². The molecule has 0 aliphatic carbocycles. The fourth-order valence-corrected chi connectivity index (χ4v) is 1.79. The van der Waals surface area contributed by atoms with E-state index in [-0.39, 0.29) is 6.54 Å². The van der Waals surface area contributed by atoms with E-state index in [4.69, 9.17) is 5.11 Å². The first-order chi connectivity index (χ1) is 9.56. The molecule has 1 rings (SSSR count). The first-order valence-corrected chi connectivity index (χ1v) is 6.46. The molecule has 0 aliphatic rings. The number of carbonyl (C=O) groups excluding carboxylic acids is 1. The number of carboxylic acids is 1. The van der Waals surface area contributed by atoms with Crippen LogP contribution >= 0.6 is 15.9 Å². The van der Waals surface area contributed by atoms with E-state index in [2.05, 4.69) is 21.2 Å². The molecule has 1 aromatic carbocycles. The second-order valence-corrected chi connectivity index (χ2v) is 5.28. The molecule has 116 valence electrons. The maximum Gasteiger partial charge on any atom is 0.422 e. The summed E-state index contributed by atoms with van der Waals surface area (Å²) < 4.78 is 38.8. The first-order valence-electron chi connectivity index (χ1n) is 5.67. The number of nitrogens with one attached hydrogen (secondary N) is 2. The van der Waals surface area contributed by atoms with Crippen LogP contribution < -0.4 is 10.6 Å². The van der Waals surface area contributed by atoms with Crippen molar-refractivity contribution in [2.75, 3.05) is 0 Å². The Balaban J connectivity index is 2.70. The zero-order valence-electron chi connectivity index (χ0n) is 10.8. The number of urea groups is 1. The average molecular weight is 369 g/mol. The summed E-state index contributed by atoms with van der Waals surface area (Å²) in [7, 11) is 0. The van der Waals surface area contributed by atoms with Gasteiger partial charge in [-0.05, 0) is 24.6 Å². The monoisotopic (exact) mass is 368 g/mol. The molecule has 0 saturated heterocycles. The average Bonchev–Trinajstić information content (AvgIpc) is 2.34. The summed E-state index contributed by atoms with van der Waals surface area (Å²) in [6, 6.07) is 5.54. The Morgan fingerprint density at radius 3 is 2.43 bits per heavy atom. The van der Waals surface area contributed by atoms with Crippen LogP contribution in [-0.2, 0) is 11.3 Å². The topological polar surface area (TPSA) is 78.4 Å². The van der Waals surface area contributed by atoms with Gasteiger partial charge in [0.15, 0.2) is 0 Å². The van der Waals surface area contributed by atoms with Crippen molar-refractivity contribution in [3.63, 3.8) is 0 Å². The molecule has 1 aromatic rings. The number of rotatable bonds is 4. The highest BCUT2D eigenvalue weighted by Crippen LogP contribution is 2.30. The molecule has 0 saturated carbocycles. The minimum atomic E-state index is -5.12. The Morgan fingerprint density at radius 1 is 1.33 bits per heavy atom. The normalized spacial score (nSPS) is 14.1. The van der Waals surface area contributed by atoms with Crippen LogP contribution in [0.15, 0.2) is 28.7 Å². The van der Waals surface area contributed by atoms with Gasteiger partial charge in [0.2, 0.25) is 5.54 Å². The third-order valence-corrected chi connectivity index (χ3v) is 3.19. The molecule has 2 amide bonds. The van der Waals surface area contributed by atoms with Crippen LogP contribution in [0.3, 0.4) is 0 Å². The number of amides is 2. The van der Waals surface area contributed by atoms with Crippen molar-refractivity contribution in [1.82, 2.24) is 10.6 Å². The van der Waals surface area contributed by atoms with Gasteiger partial charge in [-0.25, -0.2) is 9.59 Å². The van der Waals surface area contributed by atoms with E-state index in [1.807, 2.05) is 0 Å². The third kappa shape index (κ3) is 4.35. The van der Waals surface area contributed by atoms with Crippen LogP contribution in [0.1, 0.15) is 12.5 Å². The van der Waals surface area contributed by atoms with Crippen LogP contribution in [-0.4, -0.2) is 28.8 Å². The number of halogens is 4. The summed E-state index contributed by atoms with van der Waals surface area (Å²) in [6.07, 6.45) is -5.12. The molecular formula is C12H12BrF3N2O3. The smallest absolute Gasteiger partial charge is 0.422 e. The molecule has 0 spiro atoms.